The van der Waals surface area contributed by atoms with E-state index in [0.717, 1.165) is 11.3 Å². The molecule has 2 rings (SSSR count). The van der Waals surface area contributed by atoms with Gasteiger partial charge in [0.25, 0.3) is 5.56 Å². The van der Waals surface area contributed by atoms with Gasteiger partial charge in [-0.15, -0.1) is 11.6 Å². The van der Waals surface area contributed by atoms with Gasteiger partial charge in [0.15, 0.2) is 0 Å². The van der Waals surface area contributed by atoms with Crippen LogP contribution in [0.15, 0.2) is 53.5 Å². The molecule has 108 valence electrons. The largest absolute Gasteiger partial charge is 0.492 e. The highest BCUT2D eigenvalue weighted by Gasteiger charge is 1.97. The van der Waals surface area contributed by atoms with Crippen molar-refractivity contribution >= 4 is 11.6 Å². The van der Waals surface area contributed by atoms with Gasteiger partial charge in [0.05, 0.1) is 6.54 Å². The maximum Gasteiger partial charge on any atom is 0.250 e. The van der Waals surface area contributed by atoms with Crippen LogP contribution < -0.4 is 10.3 Å². The zero-order valence-corrected chi connectivity index (χ0v) is 12.3. The molecular formula is C17H16ClNO2. The van der Waals surface area contributed by atoms with Crippen molar-refractivity contribution < 1.29 is 4.74 Å². The van der Waals surface area contributed by atoms with Crippen LogP contribution >= 0.6 is 11.6 Å². The van der Waals surface area contributed by atoms with Crippen molar-refractivity contribution in [3.63, 3.8) is 0 Å². The molecular weight excluding hydrogens is 286 g/mol. The van der Waals surface area contributed by atoms with Crippen LogP contribution in [0.25, 0.3) is 0 Å². The second-order valence-corrected chi connectivity index (χ2v) is 4.73. The van der Waals surface area contributed by atoms with Gasteiger partial charge in [-0.2, -0.15) is 0 Å². The summed E-state index contributed by atoms with van der Waals surface area (Å²) in [6.07, 6.45) is 2.42. The lowest BCUT2D eigenvalue weighted by molar-refractivity contribution is 0.296. The topological polar surface area (TPSA) is 31.2 Å². The summed E-state index contributed by atoms with van der Waals surface area (Å²) in [5, 5.41) is 0. The number of benzene rings is 1. The fraction of sp³-hybridized carbons (Fsp3) is 0.235. The van der Waals surface area contributed by atoms with E-state index in [9.17, 15) is 4.79 Å². The maximum atomic E-state index is 11.5. The minimum atomic E-state index is -0.0261. The molecule has 2 aromatic rings. The van der Waals surface area contributed by atoms with E-state index < -0.39 is 0 Å². The third-order valence-electron chi connectivity index (χ3n) is 2.79. The summed E-state index contributed by atoms with van der Waals surface area (Å²) in [6.45, 7) is 0.949. The lowest BCUT2D eigenvalue weighted by Gasteiger charge is -2.08. The van der Waals surface area contributed by atoms with E-state index in [1.54, 1.807) is 16.8 Å². The molecule has 0 spiro atoms. The lowest BCUT2D eigenvalue weighted by Crippen LogP contribution is -2.21. The van der Waals surface area contributed by atoms with E-state index in [-0.39, 0.29) is 5.56 Å². The molecule has 0 atom stereocenters. The van der Waals surface area contributed by atoms with Gasteiger partial charge in [-0.3, -0.25) is 4.79 Å². The fourth-order valence-electron chi connectivity index (χ4n) is 1.78. The molecule has 0 saturated carbocycles. The Kier molecular flexibility index (Phi) is 5.93. The third-order valence-corrected chi connectivity index (χ3v) is 2.98. The quantitative estimate of drug-likeness (QED) is 0.628. The van der Waals surface area contributed by atoms with Crippen molar-refractivity contribution in [1.82, 2.24) is 4.57 Å². The number of rotatable bonds is 5. The zero-order valence-electron chi connectivity index (χ0n) is 11.6. The predicted molar refractivity (Wildman–Crippen MR) is 84.9 cm³/mol. The Bertz CT molecular complexity index is 697. The molecule has 0 bridgehead atoms. The standard InChI is InChI=1S/C17H16ClNO2/c18-10-3-1-6-15-7-5-8-16(14-15)21-13-12-19-11-4-2-9-17(19)20/h2,4-5,7-9,11,14H,3,10,12-13H2. The molecule has 0 N–H and O–H groups in total. The molecule has 0 aliphatic heterocycles. The number of nitrogens with zero attached hydrogens (tertiary/aromatic N) is 1. The molecule has 0 fully saturated rings. The molecule has 0 saturated heterocycles. The number of ether oxygens (including phenoxy) is 1. The molecule has 4 heteroatoms. The van der Waals surface area contributed by atoms with E-state index in [1.807, 2.05) is 30.3 Å². The Morgan fingerprint density at radius 1 is 1.19 bits per heavy atom. The van der Waals surface area contributed by atoms with Gasteiger partial charge in [0.1, 0.15) is 12.4 Å². The number of hydrogen-bond donors (Lipinski definition) is 0. The molecule has 1 aromatic carbocycles. The second-order valence-electron chi connectivity index (χ2n) is 4.35. The van der Waals surface area contributed by atoms with Crippen LogP contribution in [0, 0.1) is 11.8 Å². The van der Waals surface area contributed by atoms with Crippen LogP contribution in [-0.4, -0.2) is 17.1 Å². The Morgan fingerprint density at radius 2 is 2.10 bits per heavy atom. The molecule has 21 heavy (non-hydrogen) atoms. The summed E-state index contributed by atoms with van der Waals surface area (Å²) in [7, 11) is 0. The minimum Gasteiger partial charge on any atom is -0.492 e. The smallest absolute Gasteiger partial charge is 0.250 e. The van der Waals surface area contributed by atoms with Crippen molar-refractivity contribution in [2.75, 3.05) is 12.5 Å². The maximum absolute atomic E-state index is 11.5. The highest BCUT2D eigenvalue weighted by molar-refractivity contribution is 6.18. The molecule has 1 aromatic heterocycles. The Labute approximate surface area is 129 Å². The molecule has 0 radical (unpaired) electrons. The first-order valence-corrected chi connectivity index (χ1v) is 7.26. The first-order chi connectivity index (χ1) is 10.3. The van der Waals surface area contributed by atoms with E-state index in [2.05, 4.69) is 11.8 Å². The van der Waals surface area contributed by atoms with E-state index in [0.29, 0.717) is 25.5 Å². The van der Waals surface area contributed by atoms with Gasteiger partial charge in [-0.05, 0) is 24.3 Å². The van der Waals surface area contributed by atoms with Crippen molar-refractivity contribution in [3.05, 3.63) is 64.6 Å². The van der Waals surface area contributed by atoms with Gasteiger partial charge in [-0.25, -0.2) is 0 Å². The molecule has 1 heterocycles. The zero-order chi connectivity index (χ0) is 14.9. The van der Waals surface area contributed by atoms with Gasteiger partial charge in [0.2, 0.25) is 0 Å². The molecule has 0 aliphatic rings. The molecule has 0 unspecified atom stereocenters. The summed E-state index contributed by atoms with van der Waals surface area (Å²) in [5.74, 6) is 7.30. The highest BCUT2D eigenvalue weighted by atomic mass is 35.5. The Balaban J connectivity index is 1.92. The summed E-state index contributed by atoms with van der Waals surface area (Å²) in [4.78, 5) is 11.5. The van der Waals surface area contributed by atoms with Gasteiger partial charge in [-0.1, -0.05) is 24.0 Å². The van der Waals surface area contributed by atoms with Crippen LogP contribution in [0.4, 0.5) is 0 Å². The summed E-state index contributed by atoms with van der Waals surface area (Å²) >= 11 is 5.58. The average Bonchev–Trinajstić information content (AvgIpc) is 2.50. The Morgan fingerprint density at radius 3 is 2.90 bits per heavy atom. The highest BCUT2D eigenvalue weighted by Crippen LogP contribution is 2.12. The van der Waals surface area contributed by atoms with Crippen molar-refractivity contribution in [3.8, 4) is 17.6 Å². The molecule has 0 amide bonds. The summed E-state index contributed by atoms with van der Waals surface area (Å²) < 4.78 is 7.27. The van der Waals surface area contributed by atoms with Crippen molar-refractivity contribution in [2.24, 2.45) is 0 Å². The van der Waals surface area contributed by atoms with Gasteiger partial charge < -0.3 is 9.30 Å². The monoisotopic (exact) mass is 301 g/mol. The first kappa shape index (κ1) is 15.2. The van der Waals surface area contributed by atoms with Crippen LogP contribution in [0.5, 0.6) is 5.75 Å². The van der Waals surface area contributed by atoms with E-state index in [1.165, 1.54) is 6.07 Å². The number of aromatic nitrogens is 1. The normalized spacial score (nSPS) is 9.76. The van der Waals surface area contributed by atoms with Crippen LogP contribution in [0.2, 0.25) is 0 Å². The van der Waals surface area contributed by atoms with Crippen LogP contribution in [-0.2, 0) is 6.54 Å². The fourth-order valence-corrected chi connectivity index (χ4v) is 1.88. The first-order valence-electron chi connectivity index (χ1n) is 6.73. The third kappa shape index (κ3) is 5.02. The van der Waals surface area contributed by atoms with Gasteiger partial charge in [0, 0.05) is 30.1 Å². The van der Waals surface area contributed by atoms with E-state index >= 15 is 0 Å². The van der Waals surface area contributed by atoms with E-state index in [4.69, 9.17) is 16.3 Å². The van der Waals surface area contributed by atoms with Crippen molar-refractivity contribution in [2.45, 2.75) is 13.0 Å². The number of alkyl halides is 1. The van der Waals surface area contributed by atoms with Crippen LogP contribution in [0.3, 0.4) is 0 Å². The molecule has 0 aliphatic carbocycles. The van der Waals surface area contributed by atoms with Gasteiger partial charge >= 0.3 is 0 Å². The van der Waals surface area contributed by atoms with Crippen LogP contribution in [0.1, 0.15) is 12.0 Å². The predicted octanol–water partition coefficient (Wildman–Crippen LogP) is 2.91. The number of pyridine rings is 1. The SMILES string of the molecule is O=c1ccccn1CCOc1cccc(C#CCCCl)c1. The summed E-state index contributed by atoms with van der Waals surface area (Å²) in [5.41, 5.74) is 0.872. The summed E-state index contributed by atoms with van der Waals surface area (Å²) in [6, 6.07) is 12.7. The number of hydrogen-bond acceptors (Lipinski definition) is 2. The van der Waals surface area contributed by atoms with Crippen molar-refractivity contribution in [1.29, 1.82) is 0 Å². The number of halogens is 1. The average molecular weight is 302 g/mol. The Hall–Kier alpha value is -2.18. The minimum absolute atomic E-state index is 0.0261. The molecule has 3 nitrogen and oxygen atoms in total. The lowest BCUT2D eigenvalue weighted by atomic mass is 10.2. The second kappa shape index (κ2) is 8.18.